The van der Waals surface area contributed by atoms with E-state index in [-0.39, 0.29) is 11.6 Å². The maximum Gasteiger partial charge on any atom is 0.259 e. The average Bonchev–Trinajstić information content (AvgIpc) is 2.59. The van der Waals surface area contributed by atoms with Crippen molar-refractivity contribution in [2.24, 2.45) is 0 Å². The van der Waals surface area contributed by atoms with Crippen LogP contribution in [0.2, 0.25) is 0 Å². The minimum Gasteiger partial charge on any atom is -0.356 e. The number of carbonyl (C=O) groups excluding carboxylic acids is 1. The molecular formula is C17H17F2N3O. The van der Waals surface area contributed by atoms with E-state index in [4.69, 9.17) is 0 Å². The highest BCUT2D eigenvalue weighted by Gasteiger charge is 2.19. The number of benzene rings is 1. The van der Waals surface area contributed by atoms with Gasteiger partial charge in [0.25, 0.3) is 5.91 Å². The smallest absolute Gasteiger partial charge is 0.259 e. The molecule has 1 aliphatic heterocycles. The van der Waals surface area contributed by atoms with Crippen molar-refractivity contribution in [3.05, 3.63) is 53.7 Å². The second kappa shape index (κ2) is 6.73. The summed E-state index contributed by atoms with van der Waals surface area (Å²) in [5, 5.41) is 2.59. The van der Waals surface area contributed by atoms with Crippen LogP contribution in [0.15, 0.2) is 36.5 Å². The maximum atomic E-state index is 13.3. The number of halogens is 2. The molecule has 120 valence electrons. The average molecular weight is 317 g/mol. The quantitative estimate of drug-likeness (QED) is 0.941. The van der Waals surface area contributed by atoms with Crippen molar-refractivity contribution < 1.29 is 13.6 Å². The number of rotatable bonds is 3. The first-order valence-electron chi connectivity index (χ1n) is 7.61. The van der Waals surface area contributed by atoms with Crippen LogP contribution in [0.4, 0.5) is 20.3 Å². The number of nitrogens with zero attached hydrogens (tertiary/aromatic N) is 2. The lowest BCUT2D eigenvalue weighted by molar-refractivity contribution is 0.102. The fourth-order valence-corrected chi connectivity index (χ4v) is 2.70. The lowest BCUT2D eigenvalue weighted by atomic mass is 10.1. The zero-order valence-corrected chi connectivity index (χ0v) is 12.6. The van der Waals surface area contributed by atoms with Crippen LogP contribution in [0.3, 0.4) is 0 Å². The molecule has 1 fully saturated rings. The predicted octanol–water partition coefficient (Wildman–Crippen LogP) is 3.60. The first-order valence-corrected chi connectivity index (χ1v) is 7.61. The minimum atomic E-state index is -0.995. The Morgan fingerprint density at radius 1 is 1.09 bits per heavy atom. The Labute approximate surface area is 133 Å². The number of piperidine rings is 1. The largest absolute Gasteiger partial charge is 0.356 e. The van der Waals surface area contributed by atoms with E-state index in [1.807, 2.05) is 0 Å². The number of carbonyl (C=O) groups is 1. The predicted molar refractivity (Wildman–Crippen MR) is 84.6 cm³/mol. The number of amides is 1. The molecule has 4 nitrogen and oxygen atoms in total. The lowest BCUT2D eigenvalue weighted by Gasteiger charge is -2.29. The second-order valence-electron chi connectivity index (χ2n) is 5.51. The van der Waals surface area contributed by atoms with Gasteiger partial charge in [-0.15, -0.1) is 0 Å². The van der Waals surface area contributed by atoms with E-state index in [9.17, 15) is 13.6 Å². The number of nitrogens with one attached hydrogen (secondary N) is 1. The normalized spacial score (nSPS) is 14.6. The van der Waals surface area contributed by atoms with Crippen molar-refractivity contribution in [2.45, 2.75) is 19.3 Å². The molecule has 1 saturated heterocycles. The van der Waals surface area contributed by atoms with E-state index >= 15 is 0 Å². The highest BCUT2D eigenvalue weighted by atomic mass is 19.2. The highest BCUT2D eigenvalue weighted by molar-refractivity contribution is 6.07. The van der Waals surface area contributed by atoms with Gasteiger partial charge in [0.1, 0.15) is 5.82 Å². The van der Waals surface area contributed by atoms with Crippen molar-refractivity contribution >= 4 is 17.4 Å². The number of hydrogen-bond acceptors (Lipinski definition) is 3. The molecule has 0 radical (unpaired) electrons. The van der Waals surface area contributed by atoms with Crippen molar-refractivity contribution in [1.29, 1.82) is 0 Å². The van der Waals surface area contributed by atoms with Crippen LogP contribution in [0.5, 0.6) is 0 Å². The molecule has 1 aromatic carbocycles. The Hall–Kier alpha value is -2.50. The molecule has 0 aliphatic carbocycles. The Morgan fingerprint density at radius 3 is 2.61 bits per heavy atom. The van der Waals surface area contributed by atoms with E-state index in [0.29, 0.717) is 11.4 Å². The molecule has 0 spiro atoms. The fourth-order valence-electron chi connectivity index (χ4n) is 2.70. The summed E-state index contributed by atoms with van der Waals surface area (Å²) in [7, 11) is 0. The van der Waals surface area contributed by atoms with Crippen molar-refractivity contribution in [3.63, 3.8) is 0 Å². The standard InChI is InChI=1S/C17H17F2N3O/c18-14-7-6-12(11-15(14)19)21-17(23)13-5-4-8-20-16(13)22-9-2-1-3-10-22/h4-8,11H,1-3,9-10H2,(H,21,23). The zero-order valence-electron chi connectivity index (χ0n) is 12.6. The Bertz CT molecular complexity index is 715. The molecule has 6 heteroatoms. The molecule has 1 N–H and O–H groups in total. The minimum absolute atomic E-state index is 0.211. The first kappa shape index (κ1) is 15.4. The number of pyridine rings is 1. The van der Waals surface area contributed by atoms with E-state index in [1.165, 1.54) is 12.5 Å². The van der Waals surface area contributed by atoms with E-state index < -0.39 is 11.6 Å². The summed E-state index contributed by atoms with van der Waals surface area (Å²) in [4.78, 5) is 18.9. The highest BCUT2D eigenvalue weighted by Crippen LogP contribution is 2.23. The third-order valence-electron chi connectivity index (χ3n) is 3.86. The van der Waals surface area contributed by atoms with Crippen LogP contribution in [-0.2, 0) is 0 Å². The van der Waals surface area contributed by atoms with Gasteiger partial charge in [-0.1, -0.05) is 0 Å². The molecule has 0 atom stereocenters. The molecule has 1 aliphatic rings. The van der Waals surface area contributed by atoms with Crippen molar-refractivity contribution in [1.82, 2.24) is 4.98 Å². The molecule has 2 aromatic rings. The van der Waals surface area contributed by atoms with E-state index in [2.05, 4.69) is 15.2 Å². The van der Waals surface area contributed by atoms with Crippen LogP contribution >= 0.6 is 0 Å². The summed E-state index contributed by atoms with van der Waals surface area (Å²) in [5.74, 6) is -1.69. The van der Waals surface area contributed by atoms with Gasteiger partial charge < -0.3 is 10.2 Å². The van der Waals surface area contributed by atoms with Crippen LogP contribution in [-0.4, -0.2) is 24.0 Å². The Morgan fingerprint density at radius 2 is 1.87 bits per heavy atom. The fraction of sp³-hybridized carbons (Fsp3) is 0.294. The van der Waals surface area contributed by atoms with Crippen LogP contribution in [0.1, 0.15) is 29.6 Å². The first-order chi connectivity index (χ1) is 11.1. The van der Waals surface area contributed by atoms with Gasteiger partial charge in [-0.2, -0.15) is 0 Å². The van der Waals surface area contributed by atoms with Gasteiger partial charge in [0, 0.05) is 31.0 Å². The Kier molecular flexibility index (Phi) is 4.50. The SMILES string of the molecule is O=C(Nc1ccc(F)c(F)c1)c1cccnc1N1CCCCC1. The molecule has 23 heavy (non-hydrogen) atoms. The second-order valence-corrected chi connectivity index (χ2v) is 5.51. The third kappa shape index (κ3) is 3.47. The van der Waals surface area contributed by atoms with Gasteiger partial charge in [0.05, 0.1) is 5.56 Å². The number of anilines is 2. The third-order valence-corrected chi connectivity index (χ3v) is 3.86. The van der Waals surface area contributed by atoms with Crippen molar-refractivity contribution in [2.75, 3.05) is 23.3 Å². The summed E-state index contributed by atoms with van der Waals surface area (Å²) in [6.45, 7) is 1.73. The number of aromatic nitrogens is 1. The summed E-state index contributed by atoms with van der Waals surface area (Å²) in [6, 6.07) is 6.65. The van der Waals surface area contributed by atoms with Gasteiger partial charge in [-0.25, -0.2) is 13.8 Å². The van der Waals surface area contributed by atoms with Gasteiger partial charge in [-0.3, -0.25) is 4.79 Å². The van der Waals surface area contributed by atoms with Crippen LogP contribution in [0.25, 0.3) is 0 Å². The summed E-state index contributed by atoms with van der Waals surface area (Å²) in [5.41, 5.74) is 0.640. The molecule has 0 bridgehead atoms. The Balaban J connectivity index is 1.83. The van der Waals surface area contributed by atoms with Crippen molar-refractivity contribution in [3.8, 4) is 0 Å². The van der Waals surface area contributed by atoms with Gasteiger partial charge in [-0.05, 0) is 43.5 Å². The number of hydrogen-bond donors (Lipinski definition) is 1. The summed E-state index contributed by atoms with van der Waals surface area (Å²) >= 11 is 0. The molecule has 1 aromatic heterocycles. The monoisotopic (exact) mass is 317 g/mol. The zero-order chi connectivity index (χ0) is 16.2. The van der Waals surface area contributed by atoms with Gasteiger partial charge in [0.2, 0.25) is 0 Å². The molecule has 2 heterocycles. The molecule has 1 amide bonds. The van der Waals surface area contributed by atoms with E-state index in [0.717, 1.165) is 38.1 Å². The topological polar surface area (TPSA) is 45.2 Å². The van der Waals surface area contributed by atoms with E-state index in [1.54, 1.807) is 18.3 Å². The van der Waals surface area contributed by atoms with Crippen LogP contribution in [0, 0.1) is 11.6 Å². The maximum absolute atomic E-state index is 13.3. The van der Waals surface area contributed by atoms with Crippen LogP contribution < -0.4 is 10.2 Å². The van der Waals surface area contributed by atoms with Gasteiger partial charge >= 0.3 is 0 Å². The molecule has 0 saturated carbocycles. The molecule has 0 unspecified atom stereocenters. The summed E-state index contributed by atoms with van der Waals surface area (Å²) < 4.78 is 26.2. The van der Waals surface area contributed by atoms with Gasteiger partial charge in [0.15, 0.2) is 11.6 Å². The lowest BCUT2D eigenvalue weighted by Crippen LogP contribution is -2.32. The molecule has 3 rings (SSSR count). The molecular weight excluding hydrogens is 300 g/mol. The summed E-state index contributed by atoms with van der Waals surface area (Å²) in [6.07, 6.45) is 4.97.